The zero-order valence-corrected chi connectivity index (χ0v) is 13.2. The predicted molar refractivity (Wildman–Crippen MR) is 85.1 cm³/mol. The van der Waals surface area contributed by atoms with Crippen LogP contribution in [0.25, 0.3) is 0 Å². The largest absolute Gasteiger partial charge is 0.494 e. The predicted octanol–water partition coefficient (Wildman–Crippen LogP) is 3.33. The standard InChI is InChI=1S/C17H28N2O2/c1-3-13-20-15-9-7-14(8-10-15)16(19-18)17(21-4-2)11-5-6-12-17/h7-10,16,19H,3-6,11-13,18H2,1-2H3. The van der Waals surface area contributed by atoms with Gasteiger partial charge in [0.2, 0.25) is 0 Å². The number of benzene rings is 1. The van der Waals surface area contributed by atoms with Gasteiger partial charge in [0.05, 0.1) is 18.2 Å². The molecule has 1 saturated carbocycles. The van der Waals surface area contributed by atoms with Gasteiger partial charge in [0.15, 0.2) is 0 Å². The molecule has 0 aromatic heterocycles. The fourth-order valence-corrected chi connectivity index (χ4v) is 3.31. The van der Waals surface area contributed by atoms with Crippen molar-refractivity contribution >= 4 is 0 Å². The monoisotopic (exact) mass is 292 g/mol. The molecule has 1 atom stereocenters. The van der Waals surface area contributed by atoms with E-state index in [0.29, 0.717) is 0 Å². The van der Waals surface area contributed by atoms with Crippen LogP contribution < -0.4 is 16.0 Å². The van der Waals surface area contributed by atoms with E-state index in [4.69, 9.17) is 15.3 Å². The van der Waals surface area contributed by atoms with Crippen LogP contribution >= 0.6 is 0 Å². The summed E-state index contributed by atoms with van der Waals surface area (Å²) < 4.78 is 11.8. The summed E-state index contributed by atoms with van der Waals surface area (Å²) in [6, 6.07) is 8.25. The molecular formula is C17H28N2O2. The first-order chi connectivity index (χ1) is 10.3. The highest BCUT2D eigenvalue weighted by molar-refractivity contribution is 5.31. The lowest BCUT2D eigenvalue weighted by molar-refractivity contribution is -0.0627. The van der Waals surface area contributed by atoms with E-state index in [0.717, 1.165) is 43.8 Å². The Kier molecular flexibility index (Phi) is 6.03. The molecule has 3 N–H and O–H groups in total. The van der Waals surface area contributed by atoms with Crippen LogP contribution in [0.5, 0.6) is 5.75 Å². The number of rotatable bonds is 8. The van der Waals surface area contributed by atoms with Crippen LogP contribution in [-0.4, -0.2) is 18.8 Å². The van der Waals surface area contributed by atoms with Crippen LogP contribution in [0.4, 0.5) is 0 Å². The molecule has 0 spiro atoms. The molecule has 0 saturated heterocycles. The van der Waals surface area contributed by atoms with Gasteiger partial charge in [-0.2, -0.15) is 0 Å². The molecule has 1 unspecified atom stereocenters. The molecule has 4 nitrogen and oxygen atoms in total. The average Bonchev–Trinajstić information content (AvgIpc) is 2.97. The molecule has 1 aliphatic rings. The normalized spacial score (nSPS) is 18.6. The molecule has 1 aromatic carbocycles. The lowest BCUT2D eigenvalue weighted by Gasteiger charge is -2.37. The van der Waals surface area contributed by atoms with E-state index in [-0.39, 0.29) is 11.6 Å². The summed E-state index contributed by atoms with van der Waals surface area (Å²) >= 11 is 0. The number of ether oxygens (including phenoxy) is 2. The van der Waals surface area contributed by atoms with Crippen LogP contribution in [0.3, 0.4) is 0 Å². The maximum atomic E-state index is 6.12. The van der Waals surface area contributed by atoms with E-state index in [9.17, 15) is 0 Å². The third kappa shape index (κ3) is 3.76. The summed E-state index contributed by atoms with van der Waals surface area (Å²) in [7, 11) is 0. The van der Waals surface area contributed by atoms with Gasteiger partial charge in [0, 0.05) is 6.61 Å². The van der Waals surface area contributed by atoms with Crippen molar-refractivity contribution in [3.63, 3.8) is 0 Å². The third-order valence-electron chi connectivity index (χ3n) is 4.26. The highest BCUT2D eigenvalue weighted by Gasteiger charge is 2.42. The molecule has 4 heteroatoms. The van der Waals surface area contributed by atoms with Crippen molar-refractivity contribution in [3.8, 4) is 5.75 Å². The van der Waals surface area contributed by atoms with Crippen molar-refractivity contribution in [2.45, 2.75) is 57.6 Å². The molecule has 0 bridgehead atoms. The minimum atomic E-state index is -0.171. The Bertz CT molecular complexity index is 413. The van der Waals surface area contributed by atoms with E-state index < -0.39 is 0 Å². The Morgan fingerprint density at radius 3 is 2.38 bits per heavy atom. The lowest BCUT2D eigenvalue weighted by atomic mass is 9.87. The van der Waals surface area contributed by atoms with Gasteiger partial charge in [-0.1, -0.05) is 31.9 Å². The van der Waals surface area contributed by atoms with Crippen molar-refractivity contribution < 1.29 is 9.47 Å². The van der Waals surface area contributed by atoms with Crippen LogP contribution in [0.15, 0.2) is 24.3 Å². The fraction of sp³-hybridized carbons (Fsp3) is 0.647. The third-order valence-corrected chi connectivity index (χ3v) is 4.26. The molecule has 0 amide bonds. The topological polar surface area (TPSA) is 56.5 Å². The van der Waals surface area contributed by atoms with E-state index >= 15 is 0 Å². The van der Waals surface area contributed by atoms with Gasteiger partial charge in [-0.3, -0.25) is 11.3 Å². The lowest BCUT2D eigenvalue weighted by Crippen LogP contribution is -2.46. The zero-order chi connectivity index (χ0) is 15.1. The van der Waals surface area contributed by atoms with Gasteiger partial charge in [-0.25, -0.2) is 0 Å². The van der Waals surface area contributed by atoms with Crippen molar-refractivity contribution in [2.75, 3.05) is 13.2 Å². The van der Waals surface area contributed by atoms with E-state index in [1.54, 1.807) is 0 Å². The van der Waals surface area contributed by atoms with Gasteiger partial charge in [-0.15, -0.1) is 0 Å². The van der Waals surface area contributed by atoms with E-state index in [1.807, 2.05) is 12.1 Å². The fourth-order valence-electron chi connectivity index (χ4n) is 3.31. The molecule has 1 aliphatic carbocycles. The van der Waals surface area contributed by atoms with Crippen LogP contribution in [0.1, 0.15) is 57.6 Å². The van der Waals surface area contributed by atoms with Gasteiger partial charge in [0.1, 0.15) is 5.75 Å². The minimum Gasteiger partial charge on any atom is -0.494 e. The second-order valence-corrected chi connectivity index (χ2v) is 5.72. The molecule has 1 aromatic rings. The molecule has 0 radical (unpaired) electrons. The van der Waals surface area contributed by atoms with Crippen LogP contribution in [0, 0.1) is 0 Å². The SMILES string of the molecule is CCCOc1ccc(C(NN)C2(OCC)CCCC2)cc1. The summed E-state index contributed by atoms with van der Waals surface area (Å²) in [5, 5.41) is 0. The summed E-state index contributed by atoms with van der Waals surface area (Å²) in [6.45, 7) is 5.63. The van der Waals surface area contributed by atoms with Gasteiger partial charge in [0.25, 0.3) is 0 Å². The maximum absolute atomic E-state index is 6.12. The Morgan fingerprint density at radius 2 is 1.86 bits per heavy atom. The Balaban J connectivity index is 2.15. The summed E-state index contributed by atoms with van der Waals surface area (Å²) in [5.74, 6) is 6.77. The van der Waals surface area contributed by atoms with E-state index in [2.05, 4.69) is 31.4 Å². The Hall–Kier alpha value is -1.10. The number of hydrogen-bond acceptors (Lipinski definition) is 4. The molecule has 2 rings (SSSR count). The maximum Gasteiger partial charge on any atom is 0.119 e. The molecule has 0 aliphatic heterocycles. The number of nitrogens with two attached hydrogens (primary N) is 1. The highest BCUT2D eigenvalue weighted by Crippen LogP contribution is 2.42. The van der Waals surface area contributed by atoms with Gasteiger partial charge >= 0.3 is 0 Å². The second-order valence-electron chi connectivity index (χ2n) is 5.72. The van der Waals surface area contributed by atoms with Crippen molar-refractivity contribution in [1.29, 1.82) is 0 Å². The molecule has 21 heavy (non-hydrogen) atoms. The Labute approximate surface area is 128 Å². The smallest absolute Gasteiger partial charge is 0.119 e. The molecule has 0 heterocycles. The van der Waals surface area contributed by atoms with Crippen LogP contribution in [0.2, 0.25) is 0 Å². The summed E-state index contributed by atoms with van der Waals surface area (Å²) in [4.78, 5) is 0. The highest BCUT2D eigenvalue weighted by atomic mass is 16.5. The van der Waals surface area contributed by atoms with Crippen LogP contribution in [-0.2, 0) is 4.74 Å². The first-order valence-electron chi connectivity index (χ1n) is 8.08. The number of hydrazine groups is 1. The Morgan fingerprint density at radius 1 is 1.19 bits per heavy atom. The first-order valence-corrected chi connectivity index (χ1v) is 8.08. The molecular weight excluding hydrogens is 264 g/mol. The number of hydrogen-bond donors (Lipinski definition) is 2. The van der Waals surface area contributed by atoms with Crippen molar-refractivity contribution in [2.24, 2.45) is 5.84 Å². The minimum absolute atomic E-state index is 0.0279. The first kappa shape index (κ1) is 16.3. The summed E-state index contributed by atoms with van der Waals surface area (Å²) in [5.41, 5.74) is 3.98. The van der Waals surface area contributed by atoms with Crippen molar-refractivity contribution in [3.05, 3.63) is 29.8 Å². The van der Waals surface area contributed by atoms with Gasteiger partial charge in [-0.05, 0) is 43.9 Å². The number of nitrogens with one attached hydrogen (secondary N) is 1. The van der Waals surface area contributed by atoms with Gasteiger partial charge < -0.3 is 9.47 Å². The molecule has 1 fully saturated rings. The zero-order valence-electron chi connectivity index (χ0n) is 13.2. The average molecular weight is 292 g/mol. The van der Waals surface area contributed by atoms with Crippen molar-refractivity contribution in [1.82, 2.24) is 5.43 Å². The second kappa shape index (κ2) is 7.78. The quantitative estimate of drug-likeness (QED) is 0.570. The summed E-state index contributed by atoms with van der Waals surface area (Å²) in [6.07, 6.45) is 5.54. The van der Waals surface area contributed by atoms with E-state index in [1.165, 1.54) is 12.8 Å². The molecule has 118 valence electrons.